The van der Waals surface area contributed by atoms with Crippen LogP contribution in [-0.4, -0.2) is 14.5 Å². The van der Waals surface area contributed by atoms with Gasteiger partial charge in [0, 0.05) is 17.5 Å². The van der Waals surface area contributed by atoms with Crippen LogP contribution >= 0.6 is 11.5 Å². The first kappa shape index (κ1) is 12.9. The molecule has 3 rings (SSSR count). The maximum absolute atomic E-state index is 9.51. The van der Waals surface area contributed by atoms with Crippen molar-refractivity contribution in [1.29, 1.82) is 0 Å². The van der Waals surface area contributed by atoms with Crippen molar-refractivity contribution in [3.63, 3.8) is 0 Å². The highest BCUT2D eigenvalue weighted by Gasteiger charge is 2.09. The molecule has 20 heavy (non-hydrogen) atoms. The smallest absolute Gasteiger partial charge is 0.298 e. The molecule has 4 nitrogen and oxygen atoms in total. The molecule has 0 aliphatic heterocycles. The van der Waals surface area contributed by atoms with Gasteiger partial charge in [-0.3, -0.25) is 0 Å². The molecule has 0 atom stereocenters. The molecular formula is C15H14N2O2S. The van der Waals surface area contributed by atoms with Crippen LogP contribution in [0.4, 0.5) is 0 Å². The van der Waals surface area contributed by atoms with Crippen LogP contribution in [0.2, 0.25) is 0 Å². The average Bonchev–Trinajstić information content (AvgIpc) is 2.87. The van der Waals surface area contributed by atoms with Gasteiger partial charge in [0.05, 0.1) is 0 Å². The zero-order valence-electron chi connectivity index (χ0n) is 11.2. The normalized spacial score (nSPS) is 11.2. The Morgan fingerprint density at radius 1 is 1.10 bits per heavy atom. The molecule has 0 radical (unpaired) electrons. The Morgan fingerprint density at radius 3 is 2.65 bits per heavy atom. The number of hydrogen-bond donors (Lipinski definition) is 1. The fourth-order valence-electron chi connectivity index (χ4n) is 1.87. The van der Waals surface area contributed by atoms with E-state index in [0.29, 0.717) is 10.9 Å². The zero-order chi connectivity index (χ0) is 14.1. The van der Waals surface area contributed by atoms with Gasteiger partial charge < -0.3 is 9.84 Å². The number of fused-ring (bicyclic) bond motifs is 1. The summed E-state index contributed by atoms with van der Waals surface area (Å²) in [6.45, 7) is 4.09. The lowest BCUT2D eigenvalue weighted by molar-refractivity contribution is 0.475. The summed E-state index contributed by atoms with van der Waals surface area (Å²) in [6.07, 6.45) is 0. The van der Waals surface area contributed by atoms with E-state index < -0.39 is 0 Å². The van der Waals surface area contributed by atoms with E-state index >= 15 is 0 Å². The van der Waals surface area contributed by atoms with Gasteiger partial charge >= 0.3 is 0 Å². The quantitative estimate of drug-likeness (QED) is 0.779. The third-order valence-corrected chi connectivity index (χ3v) is 3.55. The Bertz CT molecular complexity index is 752. The second-order valence-electron chi connectivity index (χ2n) is 4.87. The zero-order valence-corrected chi connectivity index (χ0v) is 12.0. The van der Waals surface area contributed by atoms with Crippen molar-refractivity contribution in [1.82, 2.24) is 9.36 Å². The minimum Gasteiger partial charge on any atom is -0.508 e. The Balaban J connectivity index is 1.89. The molecule has 102 valence electrons. The summed E-state index contributed by atoms with van der Waals surface area (Å²) in [5.41, 5.74) is 0. The average molecular weight is 286 g/mol. The third kappa shape index (κ3) is 2.58. The van der Waals surface area contributed by atoms with Gasteiger partial charge in [-0.25, -0.2) is 0 Å². The maximum Gasteiger partial charge on any atom is 0.298 e. The molecule has 2 aromatic carbocycles. The molecule has 0 saturated carbocycles. The molecule has 5 heteroatoms. The van der Waals surface area contributed by atoms with Gasteiger partial charge in [0.15, 0.2) is 0 Å². The lowest BCUT2D eigenvalue weighted by atomic mass is 10.1. The summed E-state index contributed by atoms with van der Waals surface area (Å²) in [6, 6.07) is 11.0. The highest BCUT2D eigenvalue weighted by atomic mass is 32.1. The highest BCUT2D eigenvalue weighted by Crippen LogP contribution is 2.29. The molecule has 0 bridgehead atoms. The predicted molar refractivity (Wildman–Crippen MR) is 79.7 cm³/mol. The number of hydrogen-bond acceptors (Lipinski definition) is 5. The SMILES string of the molecule is CC(C)c1nsc(Oc2ccc3ccc(O)cc3c2)n1. The Morgan fingerprint density at radius 2 is 1.90 bits per heavy atom. The molecule has 1 aromatic heterocycles. The largest absolute Gasteiger partial charge is 0.508 e. The molecule has 0 amide bonds. The van der Waals surface area contributed by atoms with Crippen molar-refractivity contribution in [3.8, 4) is 16.7 Å². The van der Waals surface area contributed by atoms with E-state index in [2.05, 4.69) is 9.36 Å². The number of rotatable bonds is 3. The summed E-state index contributed by atoms with van der Waals surface area (Å²) in [5.74, 6) is 2.02. The van der Waals surface area contributed by atoms with Crippen molar-refractivity contribution in [2.24, 2.45) is 0 Å². The number of phenolic OH excluding ortho intramolecular Hbond substituents is 1. The monoisotopic (exact) mass is 286 g/mol. The van der Waals surface area contributed by atoms with E-state index in [9.17, 15) is 5.11 Å². The molecule has 1 heterocycles. The van der Waals surface area contributed by atoms with E-state index in [1.165, 1.54) is 11.5 Å². The van der Waals surface area contributed by atoms with E-state index in [4.69, 9.17) is 4.74 Å². The molecule has 0 saturated heterocycles. The lowest BCUT2D eigenvalue weighted by Gasteiger charge is -2.04. The molecule has 0 fully saturated rings. The topological polar surface area (TPSA) is 55.2 Å². The molecule has 1 N–H and O–H groups in total. The van der Waals surface area contributed by atoms with Crippen molar-refractivity contribution < 1.29 is 9.84 Å². The van der Waals surface area contributed by atoms with Crippen LogP contribution in [-0.2, 0) is 0 Å². The number of nitrogens with zero attached hydrogens (tertiary/aromatic N) is 2. The molecule has 0 unspecified atom stereocenters. The van der Waals surface area contributed by atoms with Gasteiger partial charge in [0.2, 0.25) is 0 Å². The van der Waals surface area contributed by atoms with E-state index in [-0.39, 0.29) is 11.7 Å². The summed E-state index contributed by atoms with van der Waals surface area (Å²) in [4.78, 5) is 4.34. The van der Waals surface area contributed by atoms with Crippen LogP contribution in [0.1, 0.15) is 25.6 Å². The van der Waals surface area contributed by atoms with Crippen molar-refractivity contribution in [2.75, 3.05) is 0 Å². The third-order valence-electron chi connectivity index (χ3n) is 2.94. The van der Waals surface area contributed by atoms with Gasteiger partial charge in [0.1, 0.15) is 17.3 Å². The van der Waals surface area contributed by atoms with Crippen molar-refractivity contribution in [2.45, 2.75) is 19.8 Å². The van der Waals surface area contributed by atoms with E-state index in [1.54, 1.807) is 12.1 Å². The summed E-state index contributed by atoms with van der Waals surface area (Å²) < 4.78 is 9.97. The first-order valence-electron chi connectivity index (χ1n) is 6.36. The molecule has 0 aliphatic rings. The summed E-state index contributed by atoms with van der Waals surface area (Å²) in [5, 5.41) is 12.0. The number of ether oxygens (including phenoxy) is 1. The summed E-state index contributed by atoms with van der Waals surface area (Å²) in [7, 11) is 0. The van der Waals surface area contributed by atoms with Crippen molar-refractivity contribution >= 4 is 22.3 Å². The van der Waals surface area contributed by atoms with E-state index in [1.807, 2.05) is 38.1 Å². The van der Waals surface area contributed by atoms with Crippen LogP contribution in [0.3, 0.4) is 0 Å². The minimum absolute atomic E-state index is 0.243. The number of phenols is 1. The van der Waals surface area contributed by atoms with Gasteiger partial charge in [-0.1, -0.05) is 26.0 Å². The van der Waals surface area contributed by atoms with Gasteiger partial charge in [-0.15, -0.1) is 0 Å². The second kappa shape index (κ2) is 5.09. The van der Waals surface area contributed by atoms with Gasteiger partial charge in [-0.2, -0.15) is 9.36 Å². The molecule has 0 spiro atoms. The minimum atomic E-state index is 0.243. The lowest BCUT2D eigenvalue weighted by Crippen LogP contribution is -1.90. The molecular weight excluding hydrogens is 272 g/mol. The number of benzene rings is 2. The first-order chi connectivity index (χ1) is 9.61. The first-order valence-corrected chi connectivity index (χ1v) is 7.13. The van der Waals surface area contributed by atoms with Crippen LogP contribution in [0.5, 0.6) is 16.7 Å². The fraction of sp³-hybridized carbons (Fsp3) is 0.200. The van der Waals surface area contributed by atoms with Gasteiger partial charge in [0.25, 0.3) is 5.19 Å². The fourth-order valence-corrected chi connectivity index (χ4v) is 2.56. The Labute approximate surface area is 120 Å². The molecule has 0 aliphatic carbocycles. The standard InChI is InChI=1S/C15H14N2O2S/c1-9(2)14-16-15(20-17-14)19-13-6-4-10-3-5-12(18)7-11(10)8-13/h3-9,18H,1-2H3. The van der Waals surface area contributed by atoms with Gasteiger partial charge in [-0.05, 0) is 35.0 Å². The number of aromatic nitrogens is 2. The van der Waals surface area contributed by atoms with Crippen LogP contribution in [0, 0.1) is 0 Å². The molecule has 3 aromatic rings. The van der Waals surface area contributed by atoms with Crippen LogP contribution < -0.4 is 4.74 Å². The van der Waals surface area contributed by atoms with Crippen LogP contribution in [0.15, 0.2) is 36.4 Å². The van der Waals surface area contributed by atoms with Crippen molar-refractivity contribution in [3.05, 3.63) is 42.2 Å². The Hall–Kier alpha value is -2.14. The Kier molecular flexibility index (Phi) is 3.28. The second-order valence-corrected chi connectivity index (χ2v) is 5.58. The van der Waals surface area contributed by atoms with Crippen LogP contribution in [0.25, 0.3) is 10.8 Å². The van der Waals surface area contributed by atoms with E-state index in [0.717, 1.165) is 16.6 Å². The highest BCUT2D eigenvalue weighted by molar-refractivity contribution is 7.07. The predicted octanol–water partition coefficient (Wildman–Crippen LogP) is 4.31. The summed E-state index contributed by atoms with van der Waals surface area (Å²) >= 11 is 1.25. The maximum atomic E-state index is 9.51. The number of aromatic hydroxyl groups is 1.